The van der Waals surface area contributed by atoms with Gasteiger partial charge in [-0.3, -0.25) is 24.5 Å². The van der Waals surface area contributed by atoms with Gasteiger partial charge in [0.1, 0.15) is 0 Å². The molecule has 1 aliphatic carbocycles. The van der Waals surface area contributed by atoms with E-state index in [2.05, 4.69) is 17.6 Å². The van der Waals surface area contributed by atoms with E-state index in [0.29, 0.717) is 5.92 Å². The Bertz CT molecular complexity index is 749. The fourth-order valence-electron chi connectivity index (χ4n) is 3.26. The smallest absolute Gasteiger partial charge is 0.308 e. The SMILES string of the molecule is C[C@@H](OC(=O)CCNC(=O)c1ccc([N+](=O)[O-])cc1)C(=O)N[C@@H]1CCCC[C@@H]1C. The van der Waals surface area contributed by atoms with Crippen LogP contribution in [0.5, 0.6) is 0 Å². The molecule has 0 heterocycles. The van der Waals surface area contributed by atoms with Gasteiger partial charge in [-0.2, -0.15) is 0 Å². The standard InChI is InChI=1S/C20H27N3O6/c1-13-5-3-4-6-17(13)22-19(25)14(2)29-18(24)11-12-21-20(26)15-7-9-16(10-8-15)23(27)28/h7-10,13-14,17H,3-6,11-12H2,1-2H3,(H,21,26)(H,22,25)/t13-,14+,17+/m0/s1. The first-order valence-corrected chi connectivity index (χ1v) is 9.80. The second-order valence-electron chi connectivity index (χ2n) is 7.32. The minimum atomic E-state index is -0.901. The Morgan fingerprint density at radius 3 is 2.48 bits per heavy atom. The van der Waals surface area contributed by atoms with Crippen LogP contribution in [0.3, 0.4) is 0 Å². The molecule has 2 rings (SSSR count). The minimum absolute atomic E-state index is 0.0304. The number of nitro groups is 1. The summed E-state index contributed by atoms with van der Waals surface area (Å²) in [6, 6.07) is 5.25. The second kappa shape index (κ2) is 10.5. The zero-order valence-electron chi connectivity index (χ0n) is 16.7. The molecule has 0 bridgehead atoms. The van der Waals surface area contributed by atoms with E-state index in [4.69, 9.17) is 4.74 Å². The molecule has 3 atom stereocenters. The molecule has 2 amide bonds. The van der Waals surface area contributed by atoms with Crippen LogP contribution in [0.1, 0.15) is 56.3 Å². The van der Waals surface area contributed by atoms with Crippen LogP contribution in [-0.2, 0) is 14.3 Å². The van der Waals surface area contributed by atoms with Gasteiger partial charge in [0.15, 0.2) is 6.10 Å². The van der Waals surface area contributed by atoms with Gasteiger partial charge < -0.3 is 15.4 Å². The van der Waals surface area contributed by atoms with Gasteiger partial charge in [0.2, 0.25) is 0 Å². The zero-order chi connectivity index (χ0) is 21.4. The monoisotopic (exact) mass is 405 g/mol. The molecule has 2 N–H and O–H groups in total. The highest BCUT2D eigenvalue weighted by molar-refractivity contribution is 5.94. The van der Waals surface area contributed by atoms with Gasteiger partial charge in [0.25, 0.3) is 17.5 Å². The van der Waals surface area contributed by atoms with Gasteiger partial charge in [-0.25, -0.2) is 0 Å². The van der Waals surface area contributed by atoms with Crippen molar-refractivity contribution in [2.24, 2.45) is 5.92 Å². The van der Waals surface area contributed by atoms with E-state index in [1.54, 1.807) is 0 Å². The Morgan fingerprint density at radius 2 is 1.86 bits per heavy atom. The maximum atomic E-state index is 12.2. The number of esters is 1. The molecule has 0 spiro atoms. The third-order valence-corrected chi connectivity index (χ3v) is 5.07. The topological polar surface area (TPSA) is 128 Å². The fourth-order valence-corrected chi connectivity index (χ4v) is 3.26. The van der Waals surface area contributed by atoms with Crippen LogP contribution in [0, 0.1) is 16.0 Å². The molecular formula is C20H27N3O6. The molecule has 0 aliphatic heterocycles. The number of non-ortho nitro benzene ring substituents is 1. The molecule has 158 valence electrons. The van der Waals surface area contributed by atoms with Crippen LogP contribution < -0.4 is 10.6 Å². The van der Waals surface area contributed by atoms with Crippen molar-refractivity contribution >= 4 is 23.5 Å². The predicted molar refractivity (Wildman–Crippen MR) is 105 cm³/mol. The number of hydrogen-bond donors (Lipinski definition) is 2. The van der Waals surface area contributed by atoms with Crippen LogP contribution >= 0.6 is 0 Å². The highest BCUT2D eigenvalue weighted by Gasteiger charge is 2.26. The predicted octanol–water partition coefficient (Wildman–Crippen LogP) is 2.34. The largest absolute Gasteiger partial charge is 0.452 e. The van der Waals surface area contributed by atoms with E-state index in [1.807, 2.05) is 0 Å². The van der Waals surface area contributed by atoms with Crippen LogP contribution in [0.2, 0.25) is 0 Å². The summed E-state index contributed by atoms with van der Waals surface area (Å²) in [5.41, 5.74) is 0.137. The number of nitrogens with one attached hydrogen (secondary N) is 2. The number of nitro benzene ring substituents is 1. The Labute approximate surface area is 169 Å². The van der Waals surface area contributed by atoms with Crippen LogP contribution in [0.15, 0.2) is 24.3 Å². The average molecular weight is 405 g/mol. The van der Waals surface area contributed by atoms with Gasteiger partial charge in [-0.1, -0.05) is 19.8 Å². The molecule has 0 saturated heterocycles. The van der Waals surface area contributed by atoms with E-state index in [9.17, 15) is 24.5 Å². The Kier molecular flexibility index (Phi) is 8.11. The van der Waals surface area contributed by atoms with Crippen LogP contribution in [-0.4, -0.2) is 41.4 Å². The molecule has 1 aliphatic rings. The fraction of sp³-hybridized carbons (Fsp3) is 0.550. The van der Waals surface area contributed by atoms with Gasteiger partial charge in [-0.05, 0) is 37.8 Å². The van der Waals surface area contributed by atoms with Crippen molar-refractivity contribution in [1.82, 2.24) is 10.6 Å². The third kappa shape index (κ3) is 6.85. The number of carbonyl (C=O) groups excluding carboxylic acids is 3. The van der Waals surface area contributed by atoms with E-state index < -0.39 is 22.9 Å². The minimum Gasteiger partial charge on any atom is -0.452 e. The lowest BCUT2D eigenvalue weighted by Gasteiger charge is -2.30. The number of carbonyl (C=O) groups is 3. The molecule has 1 aromatic rings. The number of hydrogen-bond acceptors (Lipinski definition) is 6. The van der Waals surface area contributed by atoms with Crippen molar-refractivity contribution in [2.45, 2.75) is 58.1 Å². The van der Waals surface area contributed by atoms with Gasteiger partial charge in [0, 0.05) is 30.3 Å². The van der Waals surface area contributed by atoms with Crippen molar-refractivity contribution < 1.29 is 24.0 Å². The van der Waals surface area contributed by atoms with E-state index in [1.165, 1.54) is 37.6 Å². The lowest BCUT2D eigenvalue weighted by molar-refractivity contribution is -0.384. The molecule has 1 saturated carbocycles. The molecule has 0 unspecified atom stereocenters. The zero-order valence-corrected chi connectivity index (χ0v) is 16.7. The average Bonchev–Trinajstić information content (AvgIpc) is 2.69. The molecule has 29 heavy (non-hydrogen) atoms. The molecule has 0 aromatic heterocycles. The molecule has 0 radical (unpaired) electrons. The first-order valence-electron chi connectivity index (χ1n) is 9.80. The first-order chi connectivity index (χ1) is 13.8. The summed E-state index contributed by atoms with van der Waals surface area (Å²) in [6.45, 7) is 3.66. The summed E-state index contributed by atoms with van der Waals surface area (Å²) in [7, 11) is 0. The summed E-state index contributed by atoms with van der Waals surface area (Å²) in [5, 5.41) is 16.1. The third-order valence-electron chi connectivity index (χ3n) is 5.07. The number of ether oxygens (including phenoxy) is 1. The summed E-state index contributed by atoms with van der Waals surface area (Å²) in [5.74, 6) is -0.949. The van der Waals surface area contributed by atoms with Crippen molar-refractivity contribution in [3.8, 4) is 0 Å². The maximum absolute atomic E-state index is 12.2. The number of rotatable bonds is 8. The summed E-state index contributed by atoms with van der Waals surface area (Å²) in [4.78, 5) is 46.2. The Balaban J connectivity index is 1.70. The normalized spacial score (nSPS) is 19.7. The Morgan fingerprint density at radius 1 is 1.21 bits per heavy atom. The van der Waals surface area contributed by atoms with Crippen molar-refractivity contribution in [3.63, 3.8) is 0 Å². The van der Waals surface area contributed by atoms with Gasteiger partial charge in [0.05, 0.1) is 11.3 Å². The second-order valence-corrected chi connectivity index (χ2v) is 7.32. The highest BCUT2D eigenvalue weighted by Crippen LogP contribution is 2.23. The summed E-state index contributed by atoms with van der Waals surface area (Å²) < 4.78 is 5.14. The van der Waals surface area contributed by atoms with E-state index in [0.717, 1.165) is 19.3 Å². The van der Waals surface area contributed by atoms with Crippen LogP contribution in [0.25, 0.3) is 0 Å². The number of benzene rings is 1. The molecule has 1 fully saturated rings. The molecule has 9 nitrogen and oxygen atoms in total. The van der Waals surface area contributed by atoms with Gasteiger partial charge in [-0.15, -0.1) is 0 Å². The first kappa shape index (κ1) is 22.3. The lowest BCUT2D eigenvalue weighted by atomic mass is 9.86. The Hall–Kier alpha value is -2.97. The molecule has 9 heteroatoms. The highest BCUT2D eigenvalue weighted by atomic mass is 16.6. The quantitative estimate of drug-likeness (QED) is 0.388. The number of amides is 2. The van der Waals surface area contributed by atoms with E-state index in [-0.39, 0.29) is 36.2 Å². The van der Waals surface area contributed by atoms with Crippen molar-refractivity contribution in [3.05, 3.63) is 39.9 Å². The maximum Gasteiger partial charge on any atom is 0.308 e. The molecular weight excluding hydrogens is 378 g/mol. The molecule has 1 aromatic carbocycles. The van der Waals surface area contributed by atoms with E-state index >= 15 is 0 Å². The lowest BCUT2D eigenvalue weighted by Crippen LogP contribution is -2.46. The van der Waals surface area contributed by atoms with Gasteiger partial charge >= 0.3 is 5.97 Å². The number of nitrogens with zero attached hydrogens (tertiary/aromatic N) is 1. The van der Waals surface area contributed by atoms with Crippen LogP contribution in [0.4, 0.5) is 5.69 Å². The van der Waals surface area contributed by atoms with Crippen molar-refractivity contribution in [1.29, 1.82) is 0 Å². The van der Waals surface area contributed by atoms with Crippen molar-refractivity contribution in [2.75, 3.05) is 6.54 Å². The summed E-state index contributed by atoms with van der Waals surface area (Å²) in [6.07, 6.45) is 3.27. The summed E-state index contributed by atoms with van der Waals surface area (Å²) >= 11 is 0.